The van der Waals surface area contributed by atoms with E-state index in [1.54, 1.807) is 121 Å². The Hall–Kier alpha value is -11.8. The van der Waals surface area contributed by atoms with Crippen molar-refractivity contribution in [1.29, 1.82) is 0 Å². The Balaban J connectivity index is 0.000000190. The third-order valence-electron chi connectivity index (χ3n) is 18.7. The summed E-state index contributed by atoms with van der Waals surface area (Å²) in [5.41, 5.74) is 17.8. The second-order valence-electron chi connectivity index (χ2n) is 30.0. The number of carbonyl (C=O) groups is 8. The van der Waals surface area contributed by atoms with Gasteiger partial charge in [0.25, 0.3) is 16.7 Å². The number of amides is 5. The minimum Gasteiger partial charge on any atom is -0.474 e. The fourth-order valence-electron chi connectivity index (χ4n) is 13.2. The highest BCUT2D eigenvalue weighted by molar-refractivity contribution is 6.40. The van der Waals surface area contributed by atoms with E-state index in [2.05, 4.69) is 84.1 Å². The number of pyridine rings is 6. The van der Waals surface area contributed by atoms with Crippen LogP contribution in [0.2, 0.25) is 0 Å². The molecule has 28 nitrogen and oxygen atoms in total. The zero-order chi connectivity index (χ0) is 80.5. The molecule has 576 valence electrons. The molecule has 12 N–H and O–H groups in total. The molecule has 4 unspecified atom stereocenters. The predicted octanol–water partition coefficient (Wildman–Crippen LogP) is 9.87. The number of carbonyl (C=O) groups excluding carboxylic acids is 7. The number of hydrogen-bond donors (Lipinski definition) is 9. The maximum absolute atomic E-state index is 13.4. The molecule has 28 heteroatoms. The smallest absolute Gasteiger partial charge is 0.394 e. The fourth-order valence-corrected chi connectivity index (χ4v) is 13.2. The Kier molecular flexibility index (Phi) is 27.0. The van der Waals surface area contributed by atoms with Gasteiger partial charge in [-0.05, 0) is 247 Å². The van der Waals surface area contributed by atoms with Gasteiger partial charge in [0.1, 0.15) is 17.0 Å². The van der Waals surface area contributed by atoms with E-state index in [0.29, 0.717) is 69.6 Å². The van der Waals surface area contributed by atoms with Gasteiger partial charge in [0.2, 0.25) is 1.43 Å². The Morgan fingerprint density at radius 2 is 0.881 bits per heavy atom. The number of piperidine rings is 3. The van der Waals surface area contributed by atoms with E-state index in [0.717, 1.165) is 76.4 Å². The third kappa shape index (κ3) is 22.6. The van der Waals surface area contributed by atoms with E-state index in [4.69, 9.17) is 27.2 Å². The molecule has 0 spiro atoms. The quantitative estimate of drug-likeness (QED) is 0.0454. The fraction of sp³-hybridized carbons (Fsp3) is 0.383. The van der Waals surface area contributed by atoms with Crippen LogP contribution in [-0.4, -0.2) is 129 Å². The maximum Gasteiger partial charge on any atom is 0.394 e. The number of hydrogen-bond acceptors (Lipinski definition) is 18. The summed E-state index contributed by atoms with van der Waals surface area (Å²) in [5, 5.41) is 24.1. The summed E-state index contributed by atoms with van der Waals surface area (Å²) in [4.78, 5) is 157. The van der Waals surface area contributed by atoms with Gasteiger partial charge in [-0.3, -0.25) is 57.9 Å². The standard InChI is InChI=1S/C29H34N4O5.C23H25N5O3.C15H18N2O.C14H18N2O5.H2O/c1-17-6-9-24(20-7-8-22-19(13-20)10-11-30-26(22)35)33(16-17)28(37)27(36)32-21-12-18(2)23(31-15-21)14-25(34)38-29(3,4)5;1-13-3-6-19(16-4-5-18-15(10-16)7-8-25-21(18)29)28(12-13)23(31)22(30)27-17-9-14(2)20(24)26-11-17;1-10-2-5-14(17-9-10)12-3-4-13-11(8-12)6-7-16-15(13)18;1-8-5-9(16-12(18)13(19)20)7-15-10(8)6-11(17)21-14(2,3)4;/h7-8,10-13,15,17,24H,6,9,14,16H2,1-5H3,(H,30,35)(H,32,36);4-5,7-11,13,19H,3,6,12H2,1-2H3,(H2,24,26)(H,25,29)(H,27,30);3-4,6-8,10,14,17H,2,5,9H2,1H3,(H,16,18);5,7H,6H2,1-4H3,(H,16,18)(H,19,20);1H2/t17-,24?;;10-,14?;;/m1.1../s1/i/hD. The number of nitrogen functional groups attached to an aromatic ring is 1. The number of anilines is 4. The van der Waals surface area contributed by atoms with Crippen LogP contribution < -0.4 is 43.7 Å². The van der Waals surface area contributed by atoms with Crippen LogP contribution in [0.15, 0.2) is 143 Å². The lowest BCUT2D eigenvalue weighted by Crippen LogP contribution is -2.46. The summed E-state index contributed by atoms with van der Waals surface area (Å²) in [7, 11) is 0. The molecule has 0 aliphatic carbocycles. The van der Waals surface area contributed by atoms with Gasteiger partial charge in [-0.1, -0.05) is 39.0 Å². The molecule has 0 bridgehead atoms. The van der Waals surface area contributed by atoms with Crippen LogP contribution in [0.3, 0.4) is 0 Å². The van der Waals surface area contributed by atoms with Gasteiger partial charge < -0.3 is 71.8 Å². The number of aromatic amines is 3. The van der Waals surface area contributed by atoms with E-state index in [9.17, 15) is 52.7 Å². The highest BCUT2D eigenvalue weighted by atomic mass is 16.6. The first-order valence-electron chi connectivity index (χ1n) is 36.4. The number of aromatic nitrogens is 6. The summed E-state index contributed by atoms with van der Waals surface area (Å²) in [6, 6.07) is 27.7. The van der Waals surface area contributed by atoms with Gasteiger partial charge in [-0.2, -0.15) is 0 Å². The van der Waals surface area contributed by atoms with E-state index >= 15 is 0 Å². The van der Waals surface area contributed by atoms with Crippen LogP contribution in [0.4, 0.5) is 22.9 Å². The number of nitrogens with two attached hydrogens (primary N) is 1. The SMILES string of the molecule is C[C@@H]1CCC(c2ccc3c(=O)[nH]ccc3c2)NC1.Cc1cc(NC(=O)C(=O)N2CC(C)CCC2c2ccc3c(=O)[nH]ccc3c2)cnc1N.Cc1cc(NC(=O)C(=O)N2C[C@H](C)CCC2c2ccc3c(=O)[nH]ccc3c2)cnc1CC(=O)OC(C)(C)C.Cc1cc(NC(=O)C(=O)O)cnc1CC(=O)OC(C)(C)C.[2H]O. The van der Waals surface area contributed by atoms with E-state index in [1.807, 2.05) is 48.5 Å². The van der Waals surface area contributed by atoms with E-state index in [1.165, 1.54) is 37.0 Å². The monoisotopic (exact) mass is 1490 g/mol. The molecule has 3 aliphatic heterocycles. The number of ether oxygens (including phenoxy) is 2. The number of nitrogens with zero attached hydrogens (tertiary/aromatic N) is 5. The second-order valence-corrected chi connectivity index (χ2v) is 30.0. The summed E-state index contributed by atoms with van der Waals surface area (Å²) in [5.74, 6) is -4.48. The summed E-state index contributed by atoms with van der Waals surface area (Å²) in [6.45, 7) is 24.4. The van der Waals surface area contributed by atoms with Gasteiger partial charge in [0.15, 0.2) is 0 Å². The van der Waals surface area contributed by atoms with Gasteiger partial charge in [-0.25, -0.2) is 9.78 Å². The van der Waals surface area contributed by atoms with Crippen molar-refractivity contribution >= 4 is 103 Å². The van der Waals surface area contributed by atoms with Crippen molar-refractivity contribution in [3.8, 4) is 0 Å². The first kappa shape index (κ1) is 81.3. The number of likely N-dealkylation sites (tertiary alicyclic amines) is 2. The van der Waals surface area contributed by atoms with Crippen LogP contribution >= 0.6 is 0 Å². The van der Waals surface area contributed by atoms with Crippen molar-refractivity contribution in [3.05, 3.63) is 204 Å². The maximum atomic E-state index is 13.4. The topological polar surface area (TPSA) is 425 Å². The number of esters is 2. The number of fused-ring (bicyclic) bond motifs is 3. The van der Waals surface area contributed by atoms with Gasteiger partial charge in [0.05, 0.1) is 72.0 Å². The third-order valence-corrected chi connectivity index (χ3v) is 18.7. The number of aliphatic carboxylic acids is 1. The normalized spacial score (nSPS) is 17.7. The minimum atomic E-state index is -1.58. The van der Waals surface area contributed by atoms with Crippen molar-refractivity contribution in [1.82, 2.24) is 45.0 Å². The highest BCUT2D eigenvalue weighted by Crippen LogP contribution is 2.37. The molecule has 3 saturated heterocycles. The molecule has 12 rings (SSSR count). The number of aryl methyl sites for hydroxylation is 3. The molecule has 3 fully saturated rings. The van der Waals surface area contributed by atoms with Crippen molar-refractivity contribution < 1.29 is 59.8 Å². The second kappa shape index (κ2) is 36.2. The van der Waals surface area contributed by atoms with Gasteiger partial charge in [0, 0.05) is 53.9 Å². The Morgan fingerprint density at radius 1 is 0.514 bits per heavy atom. The van der Waals surface area contributed by atoms with Crippen LogP contribution in [0.1, 0.15) is 165 Å². The van der Waals surface area contributed by atoms with Crippen molar-refractivity contribution in [2.24, 2.45) is 17.8 Å². The Labute approximate surface area is 631 Å². The van der Waals surface area contributed by atoms with Gasteiger partial charge >= 0.3 is 47.4 Å². The molecule has 6 atom stereocenters. The number of nitrogens with one attached hydrogen (secondary N) is 7. The molecule has 9 heterocycles. The molecule has 0 saturated carbocycles. The zero-order valence-electron chi connectivity index (χ0n) is 64.4. The number of benzene rings is 3. The number of carboxylic acids is 1. The molecule has 9 aromatic rings. The lowest BCUT2D eigenvalue weighted by atomic mass is 9.89. The molecule has 6 aromatic heterocycles. The average molecular weight is 1490 g/mol. The van der Waals surface area contributed by atoms with Crippen molar-refractivity contribution in [2.45, 2.75) is 164 Å². The van der Waals surface area contributed by atoms with E-state index in [-0.39, 0.29) is 65.1 Å². The van der Waals surface area contributed by atoms with Crippen LogP contribution in [0.5, 0.6) is 0 Å². The van der Waals surface area contributed by atoms with Crippen molar-refractivity contribution in [2.75, 3.05) is 41.3 Å². The number of H-pyrrole nitrogens is 3. The predicted molar refractivity (Wildman–Crippen MR) is 416 cm³/mol. The summed E-state index contributed by atoms with van der Waals surface area (Å²) >= 11 is 0. The van der Waals surface area contributed by atoms with Crippen LogP contribution in [0, 0.1) is 38.5 Å². The lowest BCUT2D eigenvalue weighted by Gasteiger charge is -2.38. The number of carboxylic acid groups (broad SMARTS) is 1. The highest BCUT2D eigenvalue weighted by Gasteiger charge is 2.37. The molecule has 0 radical (unpaired) electrons. The lowest BCUT2D eigenvalue weighted by molar-refractivity contribution is -0.155. The van der Waals surface area contributed by atoms with E-state index < -0.39 is 52.7 Å². The Morgan fingerprint density at radius 3 is 1.25 bits per heavy atom. The van der Waals surface area contributed by atoms with Crippen LogP contribution in [0.25, 0.3) is 32.3 Å². The molecular formula is C81H97N13O15. The molecule has 3 aliphatic rings. The molecular weight excluding hydrogens is 1390 g/mol. The van der Waals surface area contributed by atoms with Crippen LogP contribution in [-0.2, 0) is 60.7 Å². The Bertz CT molecular complexity index is 5060. The molecule has 3 aromatic carbocycles. The largest absolute Gasteiger partial charge is 0.474 e. The first-order chi connectivity index (χ1) is 52.1. The first-order valence-corrected chi connectivity index (χ1v) is 36.0. The summed E-state index contributed by atoms with van der Waals surface area (Å²) in [6.07, 6.45) is 14.9. The molecule has 109 heavy (non-hydrogen) atoms. The van der Waals surface area contributed by atoms with Gasteiger partial charge in [-0.15, -0.1) is 0 Å². The summed E-state index contributed by atoms with van der Waals surface area (Å²) < 4.78 is 15.3. The number of rotatable bonds is 10. The zero-order valence-corrected chi connectivity index (χ0v) is 63.4. The van der Waals surface area contributed by atoms with Crippen molar-refractivity contribution in [3.63, 3.8) is 0 Å². The minimum absolute atomic E-state index is 0.00993. The average Bonchev–Trinajstić information content (AvgIpc) is 0.799. The molecule has 5 amide bonds.